The molecule has 1 rings (SSSR count). The van der Waals surface area contributed by atoms with E-state index in [1.807, 2.05) is 0 Å². The molecule has 0 aromatic carbocycles. The first-order chi connectivity index (χ1) is 7.45. The van der Waals surface area contributed by atoms with Crippen molar-refractivity contribution in [1.82, 2.24) is 4.90 Å². The molecule has 1 amide bonds. The first-order valence-corrected chi connectivity index (χ1v) is 6.27. The summed E-state index contributed by atoms with van der Waals surface area (Å²) in [6.45, 7) is 6.63. The van der Waals surface area contributed by atoms with Crippen molar-refractivity contribution < 1.29 is 4.79 Å². The second kappa shape index (κ2) is 5.64. The molecule has 1 unspecified atom stereocenters. The third-order valence-electron chi connectivity index (χ3n) is 3.52. The SMILES string of the molecule is CCCC1CCN(CC(C)(N)C(N)=O)CC1. The molecule has 1 aliphatic rings. The van der Waals surface area contributed by atoms with Crippen LogP contribution in [0.2, 0.25) is 0 Å². The predicted octanol–water partition coefficient (Wildman–Crippen LogP) is 0.701. The number of nitrogens with two attached hydrogens (primary N) is 2. The Morgan fingerprint density at radius 3 is 2.44 bits per heavy atom. The van der Waals surface area contributed by atoms with E-state index < -0.39 is 11.4 Å². The molecule has 0 aromatic heterocycles. The maximum atomic E-state index is 11.1. The average Bonchev–Trinajstić information content (AvgIpc) is 2.21. The van der Waals surface area contributed by atoms with E-state index in [-0.39, 0.29) is 0 Å². The smallest absolute Gasteiger partial charge is 0.238 e. The van der Waals surface area contributed by atoms with Crippen molar-refractivity contribution in [3.05, 3.63) is 0 Å². The lowest BCUT2D eigenvalue weighted by Gasteiger charge is -2.35. The van der Waals surface area contributed by atoms with Gasteiger partial charge in [0.1, 0.15) is 5.54 Å². The number of nitrogens with zero attached hydrogens (tertiary/aromatic N) is 1. The topological polar surface area (TPSA) is 72.3 Å². The maximum Gasteiger partial charge on any atom is 0.238 e. The molecule has 0 bridgehead atoms. The summed E-state index contributed by atoms with van der Waals surface area (Å²) < 4.78 is 0. The second-order valence-electron chi connectivity index (χ2n) is 5.29. The van der Waals surface area contributed by atoms with Crippen molar-refractivity contribution in [2.45, 2.75) is 45.1 Å². The Morgan fingerprint density at radius 2 is 2.00 bits per heavy atom. The zero-order valence-electron chi connectivity index (χ0n) is 10.5. The molecule has 0 aliphatic carbocycles. The number of carbonyl (C=O) groups excluding carboxylic acids is 1. The molecular weight excluding hydrogens is 202 g/mol. The molecule has 94 valence electrons. The maximum absolute atomic E-state index is 11.1. The van der Waals surface area contributed by atoms with E-state index in [2.05, 4.69) is 11.8 Å². The molecule has 1 fully saturated rings. The molecular formula is C12H25N3O. The molecule has 1 aliphatic heterocycles. The minimum absolute atomic E-state index is 0.414. The van der Waals surface area contributed by atoms with Crippen molar-refractivity contribution in [3.8, 4) is 0 Å². The lowest BCUT2D eigenvalue weighted by atomic mass is 9.91. The third-order valence-corrected chi connectivity index (χ3v) is 3.52. The zero-order valence-corrected chi connectivity index (χ0v) is 10.5. The summed E-state index contributed by atoms with van der Waals surface area (Å²) in [5.74, 6) is 0.446. The fraction of sp³-hybridized carbons (Fsp3) is 0.917. The molecule has 16 heavy (non-hydrogen) atoms. The van der Waals surface area contributed by atoms with E-state index in [1.165, 1.54) is 25.7 Å². The highest BCUT2D eigenvalue weighted by Crippen LogP contribution is 2.22. The quantitative estimate of drug-likeness (QED) is 0.726. The van der Waals surface area contributed by atoms with Gasteiger partial charge in [0, 0.05) is 6.54 Å². The lowest BCUT2D eigenvalue weighted by molar-refractivity contribution is -0.123. The molecule has 4 nitrogen and oxygen atoms in total. The standard InChI is InChI=1S/C12H25N3O/c1-3-4-10-5-7-15(8-6-10)9-12(2,14)11(13)16/h10H,3-9,14H2,1-2H3,(H2,13,16). The highest BCUT2D eigenvalue weighted by Gasteiger charge is 2.30. The number of hydrogen-bond acceptors (Lipinski definition) is 3. The summed E-state index contributed by atoms with van der Waals surface area (Å²) in [6, 6.07) is 0. The Kier molecular flexibility index (Phi) is 4.74. The molecule has 1 heterocycles. The summed E-state index contributed by atoms with van der Waals surface area (Å²) in [5, 5.41) is 0. The van der Waals surface area contributed by atoms with Crippen LogP contribution in [0.15, 0.2) is 0 Å². The Hall–Kier alpha value is -0.610. The minimum Gasteiger partial charge on any atom is -0.368 e. The highest BCUT2D eigenvalue weighted by molar-refractivity contribution is 5.84. The van der Waals surface area contributed by atoms with E-state index in [0.29, 0.717) is 6.54 Å². The predicted molar refractivity (Wildman–Crippen MR) is 65.9 cm³/mol. The van der Waals surface area contributed by atoms with Crippen LogP contribution < -0.4 is 11.5 Å². The third kappa shape index (κ3) is 3.76. The molecule has 0 radical (unpaired) electrons. The van der Waals surface area contributed by atoms with Gasteiger partial charge < -0.3 is 16.4 Å². The first-order valence-electron chi connectivity index (χ1n) is 6.27. The van der Waals surface area contributed by atoms with Crippen LogP contribution in [0.25, 0.3) is 0 Å². The number of rotatable bonds is 5. The van der Waals surface area contributed by atoms with Crippen LogP contribution in [0.3, 0.4) is 0 Å². The molecule has 1 saturated heterocycles. The average molecular weight is 227 g/mol. The monoisotopic (exact) mass is 227 g/mol. The van der Waals surface area contributed by atoms with Crippen LogP contribution in [-0.2, 0) is 4.79 Å². The van der Waals surface area contributed by atoms with E-state index in [1.54, 1.807) is 6.92 Å². The van der Waals surface area contributed by atoms with Crippen molar-refractivity contribution in [2.75, 3.05) is 19.6 Å². The Balaban J connectivity index is 2.34. The summed E-state index contributed by atoms with van der Waals surface area (Å²) in [7, 11) is 0. The second-order valence-corrected chi connectivity index (χ2v) is 5.29. The van der Waals surface area contributed by atoms with Crippen molar-refractivity contribution in [3.63, 3.8) is 0 Å². The van der Waals surface area contributed by atoms with Gasteiger partial charge in [-0.15, -0.1) is 0 Å². The number of primary amides is 1. The normalized spacial score (nSPS) is 22.9. The van der Waals surface area contributed by atoms with Gasteiger partial charge in [0.25, 0.3) is 0 Å². The van der Waals surface area contributed by atoms with E-state index in [9.17, 15) is 4.79 Å². The van der Waals surface area contributed by atoms with Crippen LogP contribution in [0, 0.1) is 5.92 Å². The Morgan fingerprint density at radius 1 is 1.44 bits per heavy atom. The van der Waals surface area contributed by atoms with Gasteiger partial charge in [-0.3, -0.25) is 4.79 Å². The molecule has 0 spiro atoms. The molecule has 0 saturated carbocycles. The summed E-state index contributed by atoms with van der Waals surface area (Å²) in [4.78, 5) is 13.4. The van der Waals surface area contributed by atoms with Gasteiger partial charge in [0.15, 0.2) is 0 Å². The van der Waals surface area contributed by atoms with Crippen molar-refractivity contribution >= 4 is 5.91 Å². The Labute approximate surface area is 98.3 Å². The van der Waals surface area contributed by atoms with Crippen LogP contribution >= 0.6 is 0 Å². The van der Waals surface area contributed by atoms with E-state index >= 15 is 0 Å². The van der Waals surface area contributed by atoms with E-state index in [0.717, 1.165) is 19.0 Å². The van der Waals surface area contributed by atoms with E-state index in [4.69, 9.17) is 11.5 Å². The van der Waals surface area contributed by atoms with Gasteiger partial charge in [-0.25, -0.2) is 0 Å². The zero-order chi connectivity index (χ0) is 12.2. The molecule has 1 atom stereocenters. The lowest BCUT2D eigenvalue weighted by Crippen LogP contribution is -2.57. The molecule has 4 heteroatoms. The van der Waals surface area contributed by atoms with Crippen LogP contribution in [0.4, 0.5) is 0 Å². The van der Waals surface area contributed by atoms with Gasteiger partial charge >= 0.3 is 0 Å². The van der Waals surface area contributed by atoms with Gasteiger partial charge in [-0.2, -0.15) is 0 Å². The van der Waals surface area contributed by atoms with Gasteiger partial charge in [0.2, 0.25) is 5.91 Å². The molecule has 0 aromatic rings. The van der Waals surface area contributed by atoms with Crippen LogP contribution in [-0.4, -0.2) is 36.0 Å². The van der Waals surface area contributed by atoms with Crippen LogP contribution in [0.1, 0.15) is 39.5 Å². The summed E-state index contributed by atoms with van der Waals surface area (Å²) >= 11 is 0. The summed E-state index contributed by atoms with van der Waals surface area (Å²) in [5.41, 5.74) is 10.2. The summed E-state index contributed by atoms with van der Waals surface area (Å²) in [6.07, 6.45) is 5.04. The highest BCUT2D eigenvalue weighted by atomic mass is 16.1. The number of amides is 1. The fourth-order valence-corrected chi connectivity index (χ4v) is 2.38. The van der Waals surface area contributed by atoms with Gasteiger partial charge in [0.05, 0.1) is 0 Å². The van der Waals surface area contributed by atoms with Crippen molar-refractivity contribution in [2.24, 2.45) is 17.4 Å². The largest absolute Gasteiger partial charge is 0.368 e. The van der Waals surface area contributed by atoms with Gasteiger partial charge in [-0.05, 0) is 38.8 Å². The Bertz CT molecular complexity index is 232. The fourth-order valence-electron chi connectivity index (χ4n) is 2.38. The van der Waals surface area contributed by atoms with Crippen LogP contribution in [0.5, 0.6) is 0 Å². The van der Waals surface area contributed by atoms with Crippen molar-refractivity contribution in [1.29, 1.82) is 0 Å². The number of carbonyl (C=O) groups is 1. The minimum atomic E-state index is -0.891. The molecule has 4 N–H and O–H groups in total. The number of likely N-dealkylation sites (tertiary alicyclic amines) is 1. The first kappa shape index (κ1) is 13.5. The van der Waals surface area contributed by atoms with Gasteiger partial charge in [-0.1, -0.05) is 19.8 Å². The number of piperidine rings is 1. The number of hydrogen-bond donors (Lipinski definition) is 2.